The van der Waals surface area contributed by atoms with E-state index in [4.69, 9.17) is 0 Å². The molecule has 0 fully saturated rings. The summed E-state index contributed by atoms with van der Waals surface area (Å²) in [7, 11) is -5.75. The first-order valence-electron chi connectivity index (χ1n) is 4.07. The third-order valence-electron chi connectivity index (χ3n) is 1.85. The number of sulfone groups is 1. The first-order chi connectivity index (χ1) is 7.46. The van der Waals surface area contributed by atoms with Gasteiger partial charge in [0.15, 0.2) is 0 Å². The van der Waals surface area contributed by atoms with Gasteiger partial charge in [0, 0.05) is 0 Å². The Labute approximate surface area is 92.2 Å². The first kappa shape index (κ1) is 13.9. The molecule has 0 aliphatic heterocycles. The maximum absolute atomic E-state index is 12.2. The van der Waals surface area contributed by atoms with Crippen molar-refractivity contribution < 1.29 is 34.5 Å². The summed E-state index contributed by atoms with van der Waals surface area (Å²) in [5, 5.41) is 0. The summed E-state index contributed by atoms with van der Waals surface area (Å²) in [5.74, 6) is 0. The van der Waals surface area contributed by atoms with E-state index in [-0.39, 0.29) is 6.07 Å². The van der Waals surface area contributed by atoms with Gasteiger partial charge in [-0.1, -0.05) is 18.2 Å². The van der Waals surface area contributed by atoms with Crippen LogP contribution in [0.3, 0.4) is 0 Å². The van der Waals surface area contributed by atoms with Crippen molar-refractivity contribution in [3.8, 4) is 0 Å². The van der Waals surface area contributed by atoms with Gasteiger partial charge in [0.2, 0.25) is 0 Å². The summed E-state index contributed by atoms with van der Waals surface area (Å²) >= 11 is 0. The van der Waals surface area contributed by atoms with E-state index < -0.39 is 32.7 Å². The van der Waals surface area contributed by atoms with E-state index in [0.29, 0.717) is 18.2 Å². The zero-order valence-electron chi connectivity index (χ0n) is 7.88. The maximum Gasteiger partial charge on any atom is 0.509 e. The molecular weight excluding hydrogens is 273 g/mol. The quantitative estimate of drug-likeness (QED) is 0.612. The standard InChI is InChI=1S/C7H4BF6O2S/c9-7(10,11)17(15,16)6-3-1-2-5(4-6)8(12,13)14/h1-4H/q-1. The van der Waals surface area contributed by atoms with Crippen LogP contribution >= 0.6 is 0 Å². The van der Waals surface area contributed by atoms with Crippen LogP contribution in [-0.4, -0.2) is 20.9 Å². The van der Waals surface area contributed by atoms with Crippen LogP contribution in [-0.2, 0) is 9.84 Å². The van der Waals surface area contributed by atoms with E-state index in [1.54, 1.807) is 0 Å². The molecule has 0 saturated heterocycles. The molecule has 0 amide bonds. The van der Waals surface area contributed by atoms with Crippen LogP contribution in [0.25, 0.3) is 0 Å². The first-order valence-corrected chi connectivity index (χ1v) is 5.56. The van der Waals surface area contributed by atoms with Gasteiger partial charge in [0.05, 0.1) is 4.90 Å². The van der Waals surface area contributed by atoms with Crippen molar-refractivity contribution in [3.05, 3.63) is 24.3 Å². The Bertz CT molecular complexity index is 518. The molecule has 0 bridgehead atoms. The number of halogens is 6. The summed E-state index contributed by atoms with van der Waals surface area (Å²) < 4.78 is 94.7. The van der Waals surface area contributed by atoms with Gasteiger partial charge in [-0.05, 0) is 6.07 Å². The van der Waals surface area contributed by atoms with Gasteiger partial charge in [-0.2, -0.15) is 13.2 Å². The van der Waals surface area contributed by atoms with Gasteiger partial charge in [-0.15, -0.1) is 5.46 Å². The fourth-order valence-electron chi connectivity index (χ4n) is 1.02. The Kier molecular flexibility index (Phi) is 3.21. The molecule has 17 heavy (non-hydrogen) atoms. The van der Waals surface area contributed by atoms with Gasteiger partial charge in [-0.25, -0.2) is 8.42 Å². The van der Waals surface area contributed by atoms with Crippen molar-refractivity contribution in [2.24, 2.45) is 0 Å². The van der Waals surface area contributed by atoms with Crippen LogP contribution in [0.4, 0.5) is 26.1 Å². The number of rotatable bonds is 2. The summed E-state index contributed by atoms with van der Waals surface area (Å²) in [6, 6.07) is 1.57. The second-order valence-corrected chi connectivity index (χ2v) is 5.04. The van der Waals surface area contributed by atoms with Crippen molar-refractivity contribution >= 4 is 22.3 Å². The smallest absolute Gasteiger partial charge is 0.445 e. The van der Waals surface area contributed by atoms with Crippen molar-refractivity contribution in [1.82, 2.24) is 0 Å². The molecular formula is C7H4BF6O2S-. The Balaban J connectivity index is 3.37. The number of hydrogen-bond donors (Lipinski definition) is 0. The van der Waals surface area contributed by atoms with Crippen LogP contribution in [0.5, 0.6) is 0 Å². The van der Waals surface area contributed by atoms with Gasteiger partial charge in [-0.3, -0.25) is 0 Å². The van der Waals surface area contributed by atoms with Gasteiger partial charge < -0.3 is 12.9 Å². The Hall–Kier alpha value is -1.19. The topological polar surface area (TPSA) is 34.1 Å². The van der Waals surface area contributed by atoms with E-state index >= 15 is 0 Å². The lowest BCUT2D eigenvalue weighted by molar-refractivity contribution is -0.0436. The molecule has 0 saturated carbocycles. The maximum atomic E-state index is 12.2. The number of alkyl halides is 3. The Morgan fingerprint density at radius 2 is 1.59 bits per heavy atom. The Morgan fingerprint density at radius 1 is 1.06 bits per heavy atom. The van der Waals surface area contributed by atoms with Crippen LogP contribution in [0.2, 0.25) is 0 Å². The summed E-state index contributed by atoms with van der Waals surface area (Å²) in [6.07, 6.45) is 0. The van der Waals surface area contributed by atoms with E-state index in [2.05, 4.69) is 0 Å². The van der Waals surface area contributed by atoms with Crippen molar-refractivity contribution in [1.29, 1.82) is 0 Å². The third kappa shape index (κ3) is 2.74. The molecule has 1 aromatic rings. The zero-order chi connectivity index (χ0) is 13.5. The van der Waals surface area contributed by atoms with Gasteiger partial charge in [0.25, 0.3) is 9.84 Å². The van der Waals surface area contributed by atoms with Crippen LogP contribution in [0.1, 0.15) is 0 Å². The van der Waals surface area contributed by atoms with Crippen LogP contribution < -0.4 is 5.46 Å². The Morgan fingerprint density at radius 3 is 2.00 bits per heavy atom. The highest BCUT2D eigenvalue weighted by atomic mass is 32.2. The van der Waals surface area contributed by atoms with Crippen molar-refractivity contribution in [2.75, 3.05) is 0 Å². The highest BCUT2D eigenvalue weighted by Crippen LogP contribution is 2.30. The molecule has 10 heteroatoms. The largest absolute Gasteiger partial charge is 0.509 e. The summed E-state index contributed by atoms with van der Waals surface area (Å²) in [6.45, 7) is -5.55. The molecule has 0 radical (unpaired) electrons. The van der Waals surface area contributed by atoms with E-state index in [9.17, 15) is 34.5 Å². The number of benzene rings is 1. The number of hydrogen-bond acceptors (Lipinski definition) is 2. The molecule has 96 valence electrons. The second-order valence-electron chi connectivity index (χ2n) is 3.10. The summed E-state index contributed by atoms with van der Waals surface area (Å²) in [4.78, 5) is -1.42. The van der Waals surface area contributed by atoms with E-state index in [1.807, 2.05) is 0 Å². The molecule has 0 heterocycles. The molecule has 0 aromatic heterocycles. The molecule has 2 nitrogen and oxygen atoms in total. The SMILES string of the molecule is O=S(=O)(c1cccc([B-](F)(F)F)c1)C(F)(F)F. The highest BCUT2D eigenvalue weighted by Gasteiger charge is 2.47. The molecule has 1 aromatic carbocycles. The van der Waals surface area contributed by atoms with Crippen molar-refractivity contribution in [3.63, 3.8) is 0 Å². The minimum atomic E-state index is -5.75. The van der Waals surface area contributed by atoms with Crippen LogP contribution in [0.15, 0.2) is 29.2 Å². The fraction of sp³-hybridized carbons (Fsp3) is 0.143. The van der Waals surface area contributed by atoms with Crippen LogP contribution in [0, 0.1) is 0 Å². The molecule has 0 aliphatic carbocycles. The summed E-state index contributed by atoms with van der Waals surface area (Å²) in [5.41, 5.74) is -7.01. The van der Waals surface area contributed by atoms with Gasteiger partial charge >= 0.3 is 12.5 Å². The lowest BCUT2D eigenvalue weighted by atomic mass is 9.80. The van der Waals surface area contributed by atoms with E-state index in [0.717, 1.165) is 0 Å². The minimum absolute atomic E-state index is 0.0250. The molecule has 0 spiro atoms. The average molecular weight is 277 g/mol. The monoisotopic (exact) mass is 277 g/mol. The van der Waals surface area contributed by atoms with E-state index in [1.165, 1.54) is 0 Å². The lowest BCUT2D eigenvalue weighted by Gasteiger charge is -2.16. The third-order valence-corrected chi connectivity index (χ3v) is 3.34. The lowest BCUT2D eigenvalue weighted by Crippen LogP contribution is -2.35. The second kappa shape index (κ2) is 3.93. The zero-order valence-corrected chi connectivity index (χ0v) is 8.70. The van der Waals surface area contributed by atoms with Gasteiger partial charge in [0.1, 0.15) is 0 Å². The average Bonchev–Trinajstić information content (AvgIpc) is 2.15. The predicted molar refractivity (Wildman–Crippen MR) is 48.4 cm³/mol. The molecule has 0 unspecified atom stereocenters. The van der Waals surface area contributed by atoms with Crippen molar-refractivity contribution in [2.45, 2.75) is 10.4 Å². The normalized spacial score (nSPS) is 13.8. The molecule has 0 atom stereocenters. The predicted octanol–water partition coefficient (Wildman–Crippen LogP) is 2.03. The minimum Gasteiger partial charge on any atom is -0.445 e. The molecule has 0 aliphatic rings. The molecule has 1 rings (SSSR count). The molecule has 0 N–H and O–H groups in total. The highest BCUT2D eigenvalue weighted by molar-refractivity contribution is 7.92. The fourth-order valence-corrected chi connectivity index (χ4v) is 1.84.